The van der Waals surface area contributed by atoms with Gasteiger partial charge in [-0.1, -0.05) is 49.4 Å². The van der Waals surface area contributed by atoms with Crippen molar-refractivity contribution in [3.63, 3.8) is 0 Å². The Balaban J connectivity index is 1.55. The molecule has 0 aliphatic carbocycles. The Labute approximate surface area is 177 Å². The lowest BCUT2D eigenvalue weighted by molar-refractivity contribution is -0.148. The van der Waals surface area contributed by atoms with Crippen LogP contribution in [0.1, 0.15) is 37.7 Å². The average Bonchev–Trinajstić information content (AvgIpc) is 2.77. The van der Waals surface area contributed by atoms with Crippen LogP contribution < -0.4 is 5.32 Å². The second-order valence-electron chi connectivity index (χ2n) is 7.77. The van der Waals surface area contributed by atoms with Gasteiger partial charge < -0.3 is 15.3 Å². The Kier molecular flexibility index (Phi) is 7.51. The van der Waals surface area contributed by atoms with Gasteiger partial charge in [-0.3, -0.25) is 9.59 Å². The summed E-state index contributed by atoms with van der Waals surface area (Å²) < 4.78 is 0. The van der Waals surface area contributed by atoms with Gasteiger partial charge in [0.2, 0.25) is 5.91 Å². The smallest absolute Gasteiger partial charge is 0.252 e. The minimum absolute atomic E-state index is 0.318. The van der Waals surface area contributed by atoms with Crippen LogP contribution in [0.15, 0.2) is 42.5 Å². The molecule has 5 nitrogen and oxygen atoms in total. The van der Waals surface area contributed by atoms with Crippen molar-refractivity contribution < 1.29 is 14.7 Å². The molecule has 0 unspecified atom stereocenters. The molecule has 1 aliphatic heterocycles. The van der Waals surface area contributed by atoms with Gasteiger partial charge in [-0.05, 0) is 41.5 Å². The largest absolute Gasteiger partial charge is 0.382 e. The van der Waals surface area contributed by atoms with E-state index in [1.165, 1.54) is 16.3 Å². The van der Waals surface area contributed by atoms with Crippen LogP contribution >= 0.6 is 11.6 Å². The molecule has 3 rings (SSSR count). The zero-order valence-corrected chi connectivity index (χ0v) is 17.6. The van der Waals surface area contributed by atoms with Gasteiger partial charge >= 0.3 is 0 Å². The molecule has 1 saturated heterocycles. The Morgan fingerprint density at radius 3 is 2.55 bits per heavy atom. The molecular formula is C23H29ClN2O3. The van der Waals surface area contributed by atoms with E-state index < -0.39 is 12.0 Å². The predicted molar refractivity (Wildman–Crippen MR) is 116 cm³/mol. The van der Waals surface area contributed by atoms with Gasteiger partial charge in [0, 0.05) is 25.5 Å². The molecule has 1 heterocycles. The number of aliphatic hydroxyl groups excluding tert-OH is 1. The number of carbonyl (C=O) groups excluding carboxylic acids is 2. The van der Waals surface area contributed by atoms with E-state index in [9.17, 15) is 14.7 Å². The summed E-state index contributed by atoms with van der Waals surface area (Å²) in [5.74, 6) is -0.598. The average molecular weight is 417 g/mol. The van der Waals surface area contributed by atoms with Crippen LogP contribution in [0.4, 0.5) is 0 Å². The van der Waals surface area contributed by atoms with E-state index in [-0.39, 0.29) is 11.8 Å². The third-order valence-corrected chi connectivity index (χ3v) is 6.07. The second kappa shape index (κ2) is 10.1. The summed E-state index contributed by atoms with van der Waals surface area (Å²) >= 11 is 5.60. The topological polar surface area (TPSA) is 69.6 Å². The second-order valence-corrected chi connectivity index (χ2v) is 8.15. The fourth-order valence-corrected chi connectivity index (χ4v) is 4.01. The molecule has 0 bridgehead atoms. The van der Waals surface area contributed by atoms with Crippen LogP contribution in [-0.4, -0.2) is 53.4 Å². The molecule has 2 aromatic rings. The zero-order valence-electron chi connectivity index (χ0n) is 16.8. The van der Waals surface area contributed by atoms with Crippen molar-refractivity contribution >= 4 is 34.2 Å². The lowest BCUT2D eigenvalue weighted by Gasteiger charge is -2.34. The summed E-state index contributed by atoms with van der Waals surface area (Å²) in [4.78, 5) is 26.5. The van der Waals surface area contributed by atoms with Crippen molar-refractivity contribution in [1.82, 2.24) is 10.2 Å². The number of hydrogen-bond acceptors (Lipinski definition) is 3. The molecule has 156 valence electrons. The molecular weight excluding hydrogens is 388 g/mol. The first-order valence-electron chi connectivity index (χ1n) is 10.3. The van der Waals surface area contributed by atoms with Crippen molar-refractivity contribution in [3.05, 3.63) is 48.0 Å². The molecule has 2 N–H and O–H groups in total. The summed E-state index contributed by atoms with van der Waals surface area (Å²) in [5, 5.41) is 15.6. The third kappa shape index (κ3) is 5.28. The maximum atomic E-state index is 12.7. The molecule has 6 heteroatoms. The summed E-state index contributed by atoms with van der Waals surface area (Å²) in [5.41, 5.74) is 1.29. The molecule has 1 aliphatic rings. The highest BCUT2D eigenvalue weighted by Gasteiger charge is 2.33. The standard InChI is InChI=1S/C23H29ClN2O3/c1-16(22(28)25-12-4-11-24)21(27)23(29)26-13-9-18(10-14-26)20-8-7-17-5-2-3-6-19(17)15-20/h2-3,5-8,15-16,18,21,27H,4,9-14H2,1H3,(H,25,28)/t16-,21-/m1/s1. The Morgan fingerprint density at radius 2 is 1.86 bits per heavy atom. The fraction of sp³-hybridized carbons (Fsp3) is 0.478. The molecule has 0 radical (unpaired) electrons. The van der Waals surface area contributed by atoms with Crippen molar-refractivity contribution in [2.45, 2.75) is 38.2 Å². The third-order valence-electron chi connectivity index (χ3n) is 5.80. The van der Waals surface area contributed by atoms with E-state index in [1.807, 2.05) is 12.1 Å². The first-order chi connectivity index (χ1) is 14.0. The number of hydrogen-bond donors (Lipinski definition) is 2. The molecule has 29 heavy (non-hydrogen) atoms. The van der Waals surface area contributed by atoms with Gasteiger partial charge in [0.25, 0.3) is 5.91 Å². The van der Waals surface area contributed by atoms with Crippen LogP contribution in [0.3, 0.4) is 0 Å². The van der Waals surface area contributed by atoms with Crippen LogP contribution in [0.25, 0.3) is 10.8 Å². The number of nitrogens with one attached hydrogen (secondary N) is 1. The van der Waals surface area contributed by atoms with Gasteiger partial charge in [0.15, 0.2) is 0 Å². The number of halogens is 1. The first kappa shape index (κ1) is 21.6. The SMILES string of the molecule is C[C@@H](C(=O)NCCCCl)[C@@H](O)C(=O)N1CCC(c2ccc3ccccc3c2)CC1. The number of aliphatic hydroxyl groups is 1. The highest BCUT2D eigenvalue weighted by molar-refractivity contribution is 6.17. The number of rotatable bonds is 7. The van der Waals surface area contributed by atoms with E-state index in [4.69, 9.17) is 11.6 Å². The number of likely N-dealkylation sites (tertiary alicyclic amines) is 1. The normalized spacial score (nSPS) is 17.1. The number of fused-ring (bicyclic) bond motifs is 1. The number of carbonyl (C=O) groups is 2. The summed E-state index contributed by atoms with van der Waals surface area (Å²) in [6, 6.07) is 14.9. The quantitative estimate of drug-likeness (QED) is 0.537. The van der Waals surface area contributed by atoms with Crippen LogP contribution in [0, 0.1) is 5.92 Å². The summed E-state index contributed by atoms with van der Waals surface area (Å²) in [6.07, 6.45) is 1.05. The number of amides is 2. The van der Waals surface area contributed by atoms with Crippen molar-refractivity contribution in [2.24, 2.45) is 5.92 Å². The number of nitrogens with zero attached hydrogens (tertiary/aromatic N) is 1. The summed E-state index contributed by atoms with van der Waals surface area (Å²) in [7, 11) is 0. The Hall–Kier alpha value is -2.11. The minimum atomic E-state index is -1.32. The van der Waals surface area contributed by atoms with Crippen molar-refractivity contribution in [3.8, 4) is 0 Å². The van der Waals surface area contributed by atoms with Crippen LogP contribution in [-0.2, 0) is 9.59 Å². The van der Waals surface area contributed by atoms with Gasteiger partial charge in [0.05, 0.1) is 5.92 Å². The van der Waals surface area contributed by atoms with E-state index in [2.05, 4.69) is 35.6 Å². The van der Waals surface area contributed by atoms with E-state index in [1.54, 1.807) is 11.8 Å². The molecule has 1 fully saturated rings. The number of benzene rings is 2. The highest BCUT2D eigenvalue weighted by atomic mass is 35.5. The van der Waals surface area contributed by atoms with Crippen LogP contribution in [0.5, 0.6) is 0 Å². The molecule has 0 saturated carbocycles. The van der Waals surface area contributed by atoms with Crippen molar-refractivity contribution in [2.75, 3.05) is 25.5 Å². The zero-order chi connectivity index (χ0) is 20.8. The van der Waals surface area contributed by atoms with Gasteiger partial charge in [0.1, 0.15) is 6.10 Å². The Bertz CT molecular complexity index is 849. The molecule has 0 spiro atoms. The first-order valence-corrected chi connectivity index (χ1v) is 10.8. The summed E-state index contributed by atoms with van der Waals surface area (Å²) in [6.45, 7) is 3.22. The molecule has 2 amide bonds. The maximum absolute atomic E-state index is 12.7. The lowest BCUT2D eigenvalue weighted by atomic mass is 9.88. The number of alkyl halides is 1. The predicted octanol–water partition coefficient (Wildman–Crippen LogP) is 3.29. The maximum Gasteiger partial charge on any atom is 0.252 e. The fourth-order valence-electron chi connectivity index (χ4n) is 3.88. The van der Waals surface area contributed by atoms with E-state index in [0.717, 1.165) is 12.8 Å². The molecule has 2 atom stereocenters. The van der Waals surface area contributed by atoms with E-state index >= 15 is 0 Å². The van der Waals surface area contributed by atoms with Gasteiger partial charge in [-0.2, -0.15) is 0 Å². The van der Waals surface area contributed by atoms with Crippen molar-refractivity contribution in [1.29, 1.82) is 0 Å². The molecule has 2 aromatic carbocycles. The minimum Gasteiger partial charge on any atom is -0.382 e. The highest BCUT2D eigenvalue weighted by Crippen LogP contribution is 2.30. The monoisotopic (exact) mass is 416 g/mol. The lowest BCUT2D eigenvalue weighted by Crippen LogP contribution is -2.48. The van der Waals surface area contributed by atoms with Crippen LogP contribution in [0.2, 0.25) is 0 Å². The molecule has 0 aromatic heterocycles. The number of piperidine rings is 1. The Morgan fingerprint density at radius 1 is 1.17 bits per heavy atom. The van der Waals surface area contributed by atoms with Gasteiger partial charge in [-0.15, -0.1) is 11.6 Å². The van der Waals surface area contributed by atoms with Gasteiger partial charge in [-0.25, -0.2) is 0 Å². The van der Waals surface area contributed by atoms with E-state index in [0.29, 0.717) is 37.9 Å².